The number of hydrogen-bond donors (Lipinski definition) is 3. The summed E-state index contributed by atoms with van der Waals surface area (Å²) in [5, 5.41) is 8.62. The van der Waals surface area contributed by atoms with Crippen molar-refractivity contribution in [3.63, 3.8) is 0 Å². The number of thiophene rings is 1. The average molecular weight is 728 g/mol. The second kappa shape index (κ2) is 17.7. The molecule has 0 saturated heterocycles. The first kappa shape index (κ1) is 37.2. The van der Waals surface area contributed by atoms with Gasteiger partial charge in [0.1, 0.15) is 22.2 Å². The van der Waals surface area contributed by atoms with Crippen LogP contribution in [0, 0.1) is 0 Å². The highest BCUT2D eigenvalue weighted by Gasteiger charge is 2.28. The molecule has 0 aliphatic heterocycles. The van der Waals surface area contributed by atoms with E-state index in [9.17, 15) is 19.2 Å². The first-order valence-electron chi connectivity index (χ1n) is 16.7. The van der Waals surface area contributed by atoms with Crippen molar-refractivity contribution in [2.75, 3.05) is 31.5 Å². The fourth-order valence-corrected chi connectivity index (χ4v) is 7.82. The molecule has 4 aromatic rings. The summed E-state index contributed by atoms with van der Waals surface area (Å²) in [4.78, 5) is 55.2. The maximum absolute atomic E-state index is 13.7. The first-order chi connectivity index (χ1) is 24.7. The molecule has 0 spiro atoms. The number of rotatable bonds is 13. The summed E-state index contributed by atoms with van der Waals surface area (Å²) < 4.78 is 16.2. The molecule has 1 aromatic heterocycles. The molecule has 12 heteroatoms. The number of carbonyl (C=O) groups excluding carboxylic acids is 4. The number of fused-ring (bicyclic) bond motifs is 1. The third kappa shape index (κ3) is 9.59. The van der Waals surface area contributed by atoms with Crippen molar-refractivity contribution in [2.45, 2.75) is 56.1 Å². The minimum absolute atomic E-state index is 0.0204. The zero-order valence-corrected chi connectivity index (χ0v) is 30.6. The highest BCUT2D eigenvalue weighted by atomic mass is 32.2. The summed E-state index contributed by atoms with van der Waals surface area (Å²) in [5.41, 5.74) is 2.81. The van der Waals surface area contributed by atoms with Crippen molar-refractivity contribution in [3.05, 3.63) is 106 Å². The van der Waals surface area contributed by atoms with E-state index in [-0.39, 0.29) is 18.2 Å². The number of ether oxygens (including phenoxy) is 3. The van der Waals surface area contributed by atoms with Gasteiger partial charge in [-0.15, -0.1) is 23.1 Å². The number of carbonyl (C=O) groups is 4. The molecule has 266 valence electrons. The van der Waals surface area contributed by atoms with E-state index >= 15 is 0 Å². The Balaban J connectivity index is 1.33. The normalized spacial score (nSPS) is 13.2. The lowest BCUT2D eigenvalue weighted by molar-refractivity contribution is -0.115. The van der Waals surface area contributed by atoms with Crippen LogP contribution in [0.5, 0.6) is 11.5 Å². The van der Waals surface area contributed by atoms with Gasteiger partial charge in [-0.25, -0.2) is 4.79 Å². The highest BCUT2D eigenvalue weighted by molar-refractivity contribution is 8.00. The van der Waals surface area contributed by atoms with E-state index in [1.165, 1.54) is 43.4 Å². The predicted octanol–water partition coefficient (Wildman–Crippen LogP) is 7.74. The fourth-order valence-electron chi connectivity index (χ4n) is 5.62. The molecule has 0 fully saturated rings. The molecule has 3 amide bonds. The van der Waals surface area contributed by atoms with Gasteiger partial charge in [-0.05, 0) is 99.7 Å². The summed E-state index contributed by atoms with van der Waals surface area (Å²) in [6.07, 6.45) is 6.35. The number of aryl methyl sites for hydroxylation is 1. The second-order valence-corrected chi connectivity index (χ2v) is 14.2. The topological polar surface area (TPSA) is 132 Å². The smallest absolute Gasteiger partial charge is 0.341 e. The second-order valence-electron chi connectivity index (χ2n) is 11.7. The molecule has 5 rings (SSSR count). The van der Waals surface area contributed by atoms with Crippen LogP contribution in [0.4, 0.5) is 10.7 Å². The van der Waals surface area contributed by atoms with Crippen LogP contribution in [0.1, 0.15) is 69.8 Å². The highest BCUT2D eigenvalue weighted by Crippen LogP contribution is 2.39. The molecule has 1 aliphatic carbocycles. The lowest BCUT2D eigenvalue weighted by atomic mass is 10.1. The Bertz CT molecular complexity index is 1920. The predicted molar refractivity (Wildman–Crippen MR) is 202 cm³/mol. The molecule has 1 heterocycles. The van der Waals surface area contributed by atoms with Gasteiger partial charge in [0.2, 0.25) is 5.91 Å². The molecule has 0 bridgehead atoms. The lowest BCUT2D eigenvalue weighted by Crippen LogP contribution is -2.30. The Labute approximate surface area is 306 Å². The molecule has 3 N–H and O–H groups in total. The van der Waals surface area contributed by atoms with Crippen molar-refractivity contribution < 1.29 is 33.4 Å². The van der Waals surface area contributed by atoms with Gasteiger partial charge in [-0.1, -0.05) is 30.7 Å². The standard InChI is InChI=1S/C39H41N3O7S2/c1-5-49-39(46)34-30-17-10-7-11-18-33(30)51-38(34)42-35(43)24(2)50-29-16-12-15-27(23-29)40-37(45)31(41-36(44)25-13-8-6-9-14-25)22-26-21-28(47-3)19-20-32(26)48-4/h6,8-9,12-16,19-24H,5,7,10-11,17-18H2,1-4H3,(H,40,45)(H,41,44)(H,42,43)/b31-22+. The van der Waals surface area contributed by atoms with Gasteiger partial charge < -0.3 is 30.2 Å². The molecule has 1 atom stereocenters. The third-order valence-corrected chi connectivity index (χ3v) is 10.5. The van der Waals surface area contributed by atoms with Crippen molar-refractivity contribution in [1.82, 2.24) is 5.32 Å². The largest absolute Gasteiger partial charge is 0.497 e. The number of benzene rings is 3. The van der Waals surface area contributed by atoms with Crippen molar-refractivity contribution in [3.8, 4) is 11.5 Å². The van der Waals surface area contributed by atoms with E-state index < -0.39 is 23.0 Å². The minimum Gasteiger partial charge on any atom is -0.497 e. The van der Waals surface area contributed by atoms with Crippen LogP contribution < -0.4 is 25.4 Å². The van der Waals surface area contributed by atoms with Gasteiger partial charge in [0.15, 0.2) is 0 Å². The summed E-state index contributed by atoms with van der Waals surface area (Å²) in [6, 6.07) is 20.8. The Morgan fingerprint density at radius 1 is 0.902 bits per heavy atom. The SMILES string of the molecule is CCOC(=O)c1c(NC(=O)C(C)Sc2cccc(NC(=O)/C(=C\c3cc(OC)ccc3OC)NC(=O)c3ccccc3)c2)sc2c1CCCCC2. The van der Waals surface area contributed by atoms with Crippen LogP contribution in [0.3, 0.4) is 0 Å². The fraction of sp³-hybridized carbons (Fsp3) is 0.282. The third-order valence-electron chi connectivity index (χ3n) is 8.18. The van der Waals surface area contributed by atoms with E-state index in [1.54, 1.807) is 80.6 Å². The van der Waals surface area contributed by atoms with Crippen LogP contribution in [0.25, 0.3) is 6.08 Å². The molecule has 3 aromatic carbocycles. The van der Waals surface area contributed by atoms with Crippen molar-refractivity contribution in [2.24, 2.45) is 0 Å². The number of anilines is 2. The van der Waals surface area contributed by atoms with Gasteiger partial charge in [-0.2, -0.15) is 0 Å². The molecule has 1 unspecified atom stereocenters. The summed E-state index contributed by atoms with van der Waals surface area (Å²) in [6.45, 7) is 3.81. The van der Waals surface area contributed by atoms with E-state index in [4.69, 9.17) is 14.2 Å². The van der Waals surface area contributed by atoms with Crippen molar-refractivity contribution >= 4 is 63.6 Å². The number of hydrogen-bond acceptors (Lipinski definition) is 9. The van der Waals surface area contributed by atoms with Crippen LogP contribution in [-0.2, 0) is 27.2 Å². The molecular weight excluding hydrogens is 687 g/mol. The van der Waals surface area contributed by atoms with Gasteiger partial charge >= 0.3 is 5.97 Å². The quantitative estimate of drug-likeness (QED) is 0.0552. The van der Waals surface area contributed by atoms with Crippen LogP contribution >= 0.6 is 23.1 Å². The van der Waals surface area contributed by atoms with E-state index in [2.05, 4.69) is 16.0 Å². The van der Waals surface area contributed by atoms with Crippen LogP contribution in [-0.4, -0.2) is 49.8 Å². The monoisotopic (exact) mass is 727 g/mol. The Kier molecular flexibility index (Phi) is 12.9. The number of amides is 3. The van der Waals surface area contributed by atoms with Crippen LogP contribution in [0.2, 0.25) is 0 Å². The average Bonchev–Trinajstić information content (AvgIpc) is 3.31. The van der Waals surface area contributed by atoms with Gasteiger partial charge in [-0.3, -0.25) is 14.4 Å². The number of thioether (sulfide) groups is 1. The minimum atomic E-state index is -0.568. The summed E-state index contributed by atoms with van der Waals surface area (Å²) in [7, 11) is 3.05. The number of methoxy groups -OCH3 is 2. The Morgan fingerprint density at radius 2 is 1.69 bits per heavy atom. The van der Waals surface area contributed by atoms with E-state index in [0.29, 0.717) is 38.9 Å². The Hall–Kier alpha value is -5.07. The number of esters is 1. The molecular formula is C39H41N3O7S2. The van der Waals surface area contributed by atoms with Crippen LogP contribution in [0.15, 0.2) is 83.4 Å². The van der Waals surface area contributed by atoms with E-state index in [1.807, 2.05) is 6.07 Å². The molecule has 10 nitrogen and oxygen atoms in total. The maximum atomic E-state index is 13.7. The van der Waals surface area contributed by atoms with Gasteiger partial charge in [0.05, 0.1) is 31.6 Å². The summed E-state index contributed by atoms with van der Waals surface area (Å²) >= 11 is 2.77. The first-order valence-corrected chi connectivity index (χ1v) is 18.4. The number of nitrogens with one attached hydrogen (secondary N) is 3. The molecule has 1 aliphatic rings. The zero-order chi connectivity index (χ0) is 36.3. The zero-order valence-electron chi connectivity index (χ0n) is 29.0. The lowest BCUT2D eigenvalue weighted by Gasteiger charge is -2.15. The summed E-state index contributed by atoms with van der Waals surface area (Å²) in [5.74, 6) is -0.664. The molecule has 51 heavy (non-hydrogen) atoms. The van der Waals surface area contributed by atoms with Gasteiger partial charge in [0.25, 0.3) is 11.8 Å². The molecule has 0 saturated carbocycles. The van der Waals surface area contributed by atoms with Crippen molar-refractivity contribution in [1.29, 1.82) is 0 Å². The molecule has 0 radical (unpaired) electrons. The maximum Gasteiger partial charge on any atom is 0.341 e. The Morgan fingerprint density at radius 3 is 2.43 bits per heavy atom. The van der Waals surface area contributed by atoms with E-state index in [0.717, 1.165) is 47.4 Å². The van der Waals surface area contributed by atoms with Gasteiger partial charge in [0, 0.05) is 26.6 Å².